The summed E-state index contributed by atoms with van der Waals surface area (Å²) in [5.41, 5.74) is 0.356. The number of imidazole rings is 1. The summed E-state index contributed by atoms with van der Waals surface area (Å²) in [5, 5.41) is 0. The van der Waals surface area contributed by atoms with Crippen molar-refractivity contribution in [1.82, 2.24) is 9.55 Å². The van der Waals surface area contributed by atoms with Gasteiger partial charge in [0.05, 0.1) is 25.6 Å². The van der Waals surface area contributed by atoms with Gasteiger partial charge in [0.2, 0.25) is 0 Å². The fourth-order valence-electron chi connectivity index (χ4n) is 2.61. The molecule has 3 aromatic rings. The Bertz CT molecular complexity index is 927. The summed E-state index contributed by atoms with van der Waals surface area (Å²) in [6, 6.07) is 8.20. The van der Waals surface area contributed by atoms with E-state index in [0.717, 1.165) is 6.07 Å². The smallest absolute Gasteiger partial charge is 0.341 e. The molecule has 0 amide bonds. The first-order valence-corrected chi connectivity index (χ1v) is 8.35. The number of rotatable bonds is 7. The van der Waals surface area contributed by atoms with Gasteiger partial charge in [-0.25, -0.2) is 18.6 Å². The van der Waals surface area contributed by atoms with Crippen molar-refractivity contribution in [1.29, 1.82) is 0 Å². The van der Waals surface area contributed by atoms with Gasteiger partial charge in [-0.05, 0) is 36.2 Å². The van der Waals surface area contributed by atoms with E-state index in [9.17, 15) is 13.6 Å². The van der Waals surface area contributed by atoms with Crippen LogP contribution in [-0.4, -0.2) is 29.2 Å². The molecule has 0 unspecified atom stereocenters. The number of hydrogen-bond acceptors (Lipinski definition) is 4. The molecule has 0 radical (unpaired) electrons. The van der Waals surface area contributed by atoms with E-state index in [1.807, 2.05) is 4.57 Å². The molecule has 3 rings (SSSR count). The summed E-state index contributed by atoms with van der Waals surface area (Å²) in [5.74, 6) is -1.68. The number of halogens is 2. The van der Waals surface area contributed by atoms with Gasteiger partial charge in [0.15, 0.2) is 0 Å². The van der Waals surface area contributed by atoms with Crippen LogP contribution in [-0.2, 0) is 11.3 Å². The quantitative estimate of drug-likeness (QED) is 0.463. The van der Waals surface area contributed by atoms with Crippen LogP contribution in [0.2, 0.25) is 0 Å². The molecule has 0 aliphatic carbocycles. The van der Waals surface area contributed by atoms with Gasteiger partial charge < -0.3 is 14.0 Å². The fourth-order valence-corrected chi connectivity index (χ4v) is 2.61. The maximum absolute atomic E-state index is 14.3. The predicted molar refractivity (Wildman–Crippen MR) is 95.5 cm³/mol. The molecule has 2 aromatic carbocycles. The fraction of sp³-hybridized carbons (Fsp3) is 0.200. The molecule has 0 spiro atoms. The van der Waals surface area contributed by atoms with Crippen molar-refractivity contribution in [3.8, 4) is 16.9 Å². The number of benzene rings is 2. The van der Waals surface area contributed by atoms with E-state index in [0.29, 0.717) is 24.3 Å². The van der Waals surface area contributed by atoms with Gasteiger partial charge in [-0.3, -0.25) is 0 Å². The predicted octanol–water partition coefficient (Wildman–Crippen LogP) is 4.08. The van der Waals surface area contributed by atoms with Crippen molar-refractivity contribution in [2.24, 2.45) is 0 Å². The van der Waals surface area contributed by atoms with Crippen LogP contribution in [0.3, 0.4) is 0 Å². The molecule has 7 heteroatoms. The van der Waals surface area contributed by atoms with Crippen LogP contribution in [0.4, 0.5) is 8.78 Å². The molecule has 27 heavy (non-hydrogen) atoms. The van der Waals surface area contributed by atoms with Crippen molar-refractivity contribution in [2.45, 2.75) is 13.0 Å². The van der Waals surface area contributed by atoms with Crippen molar-refractivity contribution in [3.05, 3.63) is 72.3 Å². The first-order valence-electron chi connectivity index (χ1n) is 8.35. The minimum Gasteiger partial charge on any atom is -0.497 e. The molecule has 0 N–H and O–H groups in total. The number of aromatic nitrogens is 2. The van der Waals surface area contributed by atoms with Gasteiger partial charge >= 0.3 is 5.97 Å². The van der Waals surface area contributed by atoms with Gasteiger partial charge in [0.1, 0.15) is 17.4 Å². The number of hydrogen-bond donors (Lipinski definition) is 0. The Labute approximate surface area is 155 Å². The first kappa shape index (κ1) is 18.6. The molecular weight excluding hydrogens is 354 g/mol. The average molecular weight is 372 g/mol. The monoisotopic (exact) mass is 372 g/mol. The summed E-state index contributed by atoms with van der Waals surface area (Å²) in [6.07, 6.45) is 5.71. The summed E-state index contributed by atoms with van der Waals surface area (Å²) in [7, 11) is 1.43. The highest BCUT2D eigenvalue weighted by atomic mass is 19.1. The van der Waals surface area contributed by atoms with Crippen LogP contribution in [0.25, 0.3) is 11.1 Å². The minimum absolute atomic E-state index is 0.158. The standard InChI is InChI=1S/C20H18F2N2O3/c1-26-15-4-6-16(19(22)12-15)14-3-5-17(18(21)11-14)20(25)27-10-2-8-24-9-7-23-13-24/h3-7,9,11-13H,2,8,10H2,1H3. The molecule has 0 atom stereocenters. The minimum atomic E-state index is -0.762. The van der Waals surface area contributed by atoms with Crippen LogP contribution < -0.4 is 4.74 Å². The highest BCUT2D eigenvalue weighted by Gasteiger charge is 2.15. The molecular formula is C20H18F2N2O3. The van der Waals surface area contributed by atoms with E-state index >= 15 is 0 Å². The lowest BCUT2D eigenvalue weighted by Crippen LogP contribution is -2.10. The van der Waals surface area contributed by atoms with Crippen molar-refractivity contribution >= 4 is 5.97 Å². The maximum atomic E-state index is 14.3. The second-order valence-corrected chi connectivity index (χ2v) is 5.83. The molecule has 0 saturated heterocycles. The third-order valence-electron chi connectivity index (χ3n) is 4.03. The molecule has 0 fully saturated rings. The van der Waals surface area contributed by atoms with Crippen LogP contribution in [0.15, 0.2) is 55.1 Å². The van der Waals surface area contributed by atoms with E-state index in [4.69, 9.17) is 9.47 Å². The Morgan fingerprint density at radius 1 is 1.15 bits per heavy atom. The van der Waals surface area contributed by atoms with Crippen LogP contribution in [0.1, 0.15) is 16.8 Å². The second-order valence-electron chi connectivity index (χ2n) is 5.83. The summed E-state index contributed by atoms with van der Waals surface area (Å²) in [4.78, 5) is 16.0. The lowest BCUT2D eigenvalue weighted by molar-refractivity contribution is 0.0490. The number of aryl methyl sites for hydroxylation is 1. The van der Waals surface area contributed by atoms with Crippen molar-refractivity contribution < 1.29 is 23.0 Å². The molecule has 1 heterocycles. The van der Waals surface area contributed by atoms with Crippen molar-refractivity contribution in [3.63, 3.8) is 0 Å². The summed E-state index contributed by atoms with van der Waals surface area (Å²) >= 11 is 0. The van der Waals surface area contributed by atoms with Gasteiger partial charge in [0, 0.05) is 30.6 Å². The Balaban J connectivity index is 1.64. The molecule has 0 aliphatic heterocycles. The van der Waals surface area contributed by atoms with E-state index in [1.165, 1.54) is 31.4 Å². The van der Waals surface area contributed by atoms with Crippen molar-refractivity contribution in [2.75, 3.05) is 13.7 Å². The van der Waals surface area contributed by atoms with Gasteiger partial charge in [-0.15, -0.1) is 0 Å². The lowest BCUT2D eigenvalue weighted by Gasteiger charge is -2.09. The van der Waals surface area contributed by atoms with E-state index in [2.05, 4.69) is 4.98 Å². The van der Waals surface area contributed by atoms with Gasteiger partial charge in [0.25, 0.3) is 0 Å². The van der Waals surface area contributed by atoms with E-state index < -0.39 is 17.6 Å². The summed E-state index contributed by atoms with van der Waals surface area (Å²) in [6.45, 7) is 0.802. The molecule has 140 valence electrons. The molecule has 1 aromatic heterocycles. The highest BCUT2D eigenvalue weighted by Crippen LogP contribution is 2.27. The molecule has 0 saturated carbocycles. The zero-order chi connectivity index (χ0) is 19.2. The SMILES string of the molecule is COc1ccc(-c2ccc(C(=O)OCCCn3ccnc3)c(F)c2)c(F)c1. The van der Waals surface area contributed by atoms with Crippen LogP contribution in [0.5, 0.6) is 5.75 Å². The van der Waals surface area contributed by atoms with Gasteiger partial charge in [-0.1, -0.05) is 6.07 Å². The number of carbonyl (C=O) groups excluding carboxylic acids is 1. The number of nitrogens with zero attached hydrogens (tertiary/aromatic N) is 2. The van der Waals surface area contributed by atoms with E-state index in [1.54, 1.807) is 24.8 Å². The van der Waals surface area contributed by atoms with Crippen LogP contribution >= 0.6 is 0 Å². The molecule has 0 aliphatic rings. The third kappa shape index (κ3) is 4.49. The summed E-state index contributed by atoms with van der Waals surface area (Å²) < 4.78 is 40.4. The van der Waals surface area contributed by atoms with Crippen LogP contribution in [0, 0.1) is 11.6 Å². The zero-order valence-electron chi connectivity index (χ0n) is 14.7. The highest BCUT2D eigenvalue weighted by molar-refractivity contribution is 5.90. The Kier molecular flexibility index (Phi) is 5.80. The number of esters is 1. The number of methoxy groups -OCH3 is 1. The largest absolute Gasteiger partial charge is 0.497 e. The normalized spacial score (nSPS) is 10.6. The average Bonchev–Trinajstić information content (AvgIpc) is 3.18. The Morgan fingerprint density at radius 2 is 2.00 bits per heavy atom. The zero-order valence-corrected chi connectivity index (χ0v) is 14.7. The first-order chi connectivity index (χ1) is 13.1. The molecule has 5 nitrogen and oxygen atoms in total. The lowest BCUT2D eigenvalue weighted by atomic mass is 10.0. The number of carbonyl (C=O) groups is 1. The second kappa shape index (κ2) is 8.44. The maximum Gasteiger partial charge on any atom is 0.341 e. The Hall–Kier alpha value is -3.22. The third-order valence-corrected chi connectivity index (χ3v) is 4.03. The number of ether oxygens (including phenoxy) is 2. The topological polar surface area (TPSA) is 53.4 Å². The Morgan fingerprint density at radius 3 is 2.67 bits per heavy atom. The van der Waals surface area contributed by atoms with E-state index in [-0.39, 0.29) is 17.7 Å². The molecule has 0 bridgehead atoms. The van der Waals surface area contributed by atoms with Gasteiger partial charge in [-0.2, -0.15) is 0 Å².